The van der Waals surface area contributed by atoms with Crippen LogP contribution >= 0.6 is 0 Å². The number of ether oxygens (including phenoxy) is 1. The topological polar surface area (TPSA) is 63.6 Å². The van der Waals surface area contributed by atoms with Gasteiger partial charge in [-0.1, -0.05) is 12.7 Å². The highest BCUT2D eigenvalue weighted by atomic mass is 16.5. The molecule has 1 aromatic rings. The number of Topliss-reactive ketones (excluding diaryl/α,β-unsaturated/α-hetero) is 2. The van der Waals surface area contributed by atoms with Crippen molar-refractivity contribution in [1.29, 1.82) is 0 Å². The van der Waals surface area contributed by atoms with E-state index in [2.05, 4.69) is 6.58 Å². The van der Waals surface area contributed by atoms with Gasteiger partial charge in [-0.2, -0.15) is 0 Å². The molecule has 0 spiro atoms. The molecule has 0 heterocycles. The third-order valence-corrected chi connectivity index (χ3v) is 2.21. The minimum Gasteiger partial charge on any atom is -0.507 e. The zero-order valence-corrected chi connectivity index (χ0v) is 9.82. The molecular formula is C13H14O4. The van der Waals surface area contributed by atoms with Gasteiger partial charge in [-0.05, 0) is 19.9 Å². The minimum atomic E-state index is -0.305. The van der Waals surface area contributed by atoms with Gasteiger partial charge in [-0.15, -0.1) is 0 Å². The summed E-state index contributed by atoms with van der Waals surface area (Å²) in [6.07, 6.45) is 1.53. The Balaban J connectivity index is 3.30. The molecule has 0 radical (unpaired) electrons. The first-order chi connectivity index (χ1) is 7.97. The molecule has 17 heavy (non-hydrogen) atoms. The molecule has 1 aromatic carbocycles. The van der Waals surface area contributed by atoms with Crippen molar-refractivity contribution in [1.82, 2.24) is 0 Å². The molecule has 0 unspecified atom stereocenters. The Hall–Kier alpha value is -2.10. The van der Waals surface area contributed by atoms with Gasteiger partial charge in [0.1, 0.15) is 18.1 Å². The van der Waals surface area contributed by atoms with Crippen LogP contribution in [0.1, 0.15) is 34.6 Å². The lowest BCUT2D eigenvalue weighted by atomic mass is 10.0. The Morgan fingerprint density at radius 2 is 1.88 bits per heavy atom. The summed E-state index contributed by atoms with van der Waals surface area (Å²) in [4.78, 5) is 22.7. The largest absolute Gasteiger partial charge is 0.507 e. The van der Waals surface area contributed by atoms with Gasteiger partial charge in [-0.3, -0.25) is 9.59 Å². The molecule has 0 amide bonds. The SMILES string of the molecule is C=CCOc1cc(O)c(C(C)=O)cc1C(C)=O. The number of carbonyl (C=O) groups is 2. The van der Waals surface area contributed by atoms with E-state index in [0.717, 1.165) is 0 Å². The van der Waals surface area contributed by atoms with Gasteiger partial charge in [-0.25, -0.2) is 0 Å². The smallest absolute Gasteiger partial charge is 0.163 e. The van der Waals surface area contributed by atoms with Crippen LogP contribution in [0.2, 0.25) is 0 Å². The molecule has 0 aliphatic heterocycles. The average Bonchev–Trinajstić information content (AvgIpc) is 2.25. The summed E-state index contributed by atoms with van der Waals surface area (Å²) in [5.74, 6) is -0.478. The number of ketones is 2. The van der Waals surface area contributed by atoms with Crippen molar-refractivity contribution in [3.05, 3.63) is 35.9 Å². The Morgan fingerprint density at radius 1 is 1.29 bits per heavy atom. The zero-order valence-electron chi connectivity index (χ0n) is 9.82. The van der Waals surface area contributed by atoms with Crippen molar-refractivity contribution in [2.45, 2.75) is 13.8 Å². The van der Waals surface area contributed by atoms with Crippen LogP contribution in [0.3, 0.4) is 0 Å². The van der Waals surface area contributed by atoms with Crippen LogP contribution in [0.25, 0.3) is 0 Å². The quantitative estimate of drug-likeness (QED) is 0.627. The van der Waals surface area contributed by atoms with Crippen molar-refractivity contribution in [2.75, 3.05) is 6.61 Å². The van der Waals surface area contributed by atoms with Gasteiger partial charge in [0.25, 0.3) is 0 Å². The molecule has 1 N–H and O–H groups in total. The van der Waals surface area contributed by atoms with E-state index in [1.165, 1.54) is 32.1 Å². The maximum atomic E-state index is 11.4. The summed E-state index contributed by atoms with van der Waals surface area (Å²) in [7, 11) is 0. The van der Waals surface area contributed by atoms with E-state index in [0.29, 0.717) is 0 Å². The van der Waals surface area contributed by atoms with Crippen LogP contribution in [0.15, 0.2) is 24.8 Å². The van der Waals surface area contributed by atoms with E-state index in [4.69, 9.17) is 4.74 Å². The number of rotatable bonds is 5. The fourth-order valence-corrected chi connectivity index (χ4v) is 1.39. The molecule has 1 rings (SSSR count). The molecule has 90 valence electrons. The summed E-state index contributed by atoms with van der Waals surface area (Å²) >= 11 is 0. The number of hydrogen-bond acceptors (Lipinski definition) is 4. The summed E-state index contributed by atoms with van der Waals surface area (Å²) in [6, 6.07) is 2.62. The van der Waals surface area contributed by atoms with Crippen LogP contribution in [-0.2, 0) is 0 Å². The molecular weight excluding hydrogens is 220 g/mol. The lowest BCUT2D eigenvalue weighted by molar-refractivity contribution is 0.101. The maximum absolute atomic E-state index is 11.4. The van der Waals surface area contributed by atoms with E-state index >= 15 is 0 Å². The number of phenolic OH excluding ortho intramolecular Hbond substituents is 1. The van der Waals surface area contributed by atoms with Crippen molar-refractivity contribution < 1.29 is 19.4 Å². The number of hydrogen-bond donors (Lipinski definition) is 1. The van der Waals surface area contributed by atoms with Gasteiger partial charge in [0.05, 0.1) is 11.1 Å². The van der Waals surface area contributed by atoms with Crippen LogP contribution in [0, 0.1) is 0 Å². The van der Waals surface area contributed by atoms with Crippen LogP contribution in [0.4, 0.5) is 0 Å². The highest BCUT2D eigenvalue weighted by Gasteiger charge is 2.15. The average molecular weight is 234 g/mol. The Labute approximate surface area is 99.5 Å². The van der Waals surface area contributed by atoms with Gasteiger partial charge in [0, 0.05) is 6.07 Å². The first-order valence-corrected chi connectivity index (χ1v) is 5.10. The Morgan fingerprint density at radius 3 is 2.35 bits per heavy atom. The maximum Gasteiger partial charge on any atom is 0.163 e. The second-order valence-electron chi connectivity index (χ2n) is 3.58. The number of benzene rings is 1. The second-order valence-corrected chi connectivity index (χ2v) is 3.58. The molecule has 4 nitrogen and oxygen atoms in total. The highest BCUT2D eigenvalue weighted by Crippen LogP contribution is 2.29. The third-order valence-electron chi connectivity index (χ3n) is 2.21. The number of carbonyl (C=O) groups excluding carboxylic acids is 2. The first kappa shape index (κ1) is 13.0. The molecule has 0 saturated carbocycles. The van der Waals surface area contributed by atoms with E-state index in [9.17, 15) is 14.7 Å². The summed E-state index contributed by atoms with van der Waals surface area (Å²) in [5.41, 5.74) is 0.385. The van der Waals surface area contributed by atoms with E-state index in [1.54, 1.807) is 0 Å². The zero-order chi connectivity index (χ0) is 13.0. The predicted molar refractivity (Wildman–Crippen MR) is 63.8 cm³/mol. The fourth-order valence-electron chi connectivity index (χ4n) is 1.39. The van der Waals surface area contributed by atoms with E-state index in [-0.39, 0.29) is 40.8 Å². The number of aromatic hydroxyl groups is 1. The summed E-state index contributed by atoms with van der Waals surface area (Å²) < 4.78 is 5.25. The minimum absolute atomic E-state index is 0.112. The molecule has 0 aromatic heterocycles. The molecule has 0 bridgehead atoms. The molecule has 4 heteroatoms. The first-order valence-electron chi connectivity index (χ1n) is 5.10. The lowest BCUT2D eigenvalue weighted by Gasteiger charge is -2.10. The highest BCUT2D eigenvalue weighted by molar-refractivity contribution is 6.03. The molecule has 0 fully saturated rings. The van der Waals surface area contributed by atoms with Crippen LogP contribution < -0.4 is 4.74 Å². The van der Waals surface area contributed by atoms with Gasteiger partial charge in [0.2, 0.25) is 0 Å². The Bertz CT molecular complexity index is 475. The van der Waals surface area contributed by atoms with Crippen molar-refractivity contribution in [3.8, 4) is 11.5 Å². The van der Waals surface area contributed by atoms with Gasteiger partial charge >= 0.3 is 0 Å². The lowest BCUT2D eigenvalue weighted by Crippen LogP contribution is -2.04. The van der Waals surface area contributed by atoms with Gasteiger partial charge < -0.3 is 9.84 Å². The van der Waals surface area contributed by atoms with Crippen molar-refractivity contribution >= 4 is 11.6 Å². The summed E-state index contributed by atoms with van der Waals surface area (Å²) in [6.45, 7) is 6.41. The van der Waals surface area contributed by atoms with Crippen LogP contribution in [-0.4, -0.2) is 23.3 Å². The summed E-state index contributed by atoms with van der Waals surface area (Å²) in [5, 5.41) is 9.63. The molecule has 0 atom stereocenters. The predicted octanol–water partition coefficient (Wildman–Crippen LogP) is 2.36. The van der Waals surface area contributed by atoms with Crippen molar-refractivity contribution in [2.24, 2.45) is 0 Å². The number of phenols is 1. The second kappa shape index (κ2) is 5.30. The fraction of sp³-hybridized carbons (Fsp3) is 0.231. The third kappa shape index (κ3) is 2.93. The van der Waals surface area contributed by atoms with Gasteiger partial charge in [0.15, 0.2) is 11.6 Å². The van der Waals surface area contributed by atoms with Crippen LogP contribution in [0.5, 0.6) is 11.5 Å². The standard InChI is InChI=1S/C13H14O4/c1-4-5-17-13-7-12(16)10(8(2)14)6-11(13)9(3)15/h4,6-7,16H,1,5H2,2-3H3. The van der Waals surface area contributed by atoms with Crippen molar-refractivity contribution in [3.63, 3.8) is 0 Å². The normalized spacial score (nSPS) is 9.76. The molecule has 0 aliphatic rings. The monoisotopic (exact) mass is 234 g/mol. The Kier molecular flexibility index (Phi) is 4.04. The van der Waals surface area contributed by atoms with E-state index in [1.807, 2.05) is 0 Å². The molecule has 0 saturated heterocycles. The molecule has 0 aliphatic carbocycles. The van der Waals surface area contributed by atoms with E-state index < -0.39 is 0 Å².